The minimum Gasteiger partial charge on any atom is -0.455 e. The Balaban J connectivity index is 1.53. The fraction of sp³-hybridized carbons (Fsp3) is 0.238. The molecule has 8 heteroatoms. The Morgan fingerprint density at radius 3 is 2.83 bits per heavy atom. The van der Waals surface area contributed by atoms with E-state index in [1.54, 1.807) is 34.9 Å². The summed E-state index contributed by atoms with van der Waals surface area (Å²) >= 11 is 1.57. The van der Waals surface area contributed by atoms with Gasteiger partial charge in [0.2, 0.25) is 5.91 Å². The van der Waals surface area contributed by atoms with Crippen LogP contribution in [0.5, 0.6) is 0 Å². The first kappa shape index (κ1) is 20.4. The standard InChI is InChI=1S/C21H19N3O4S/c1-29-18-7-3-6-17(10-18)24-12-15(9-20(24)26)21(27)28-13-19(25)23-16-5-2-4-14(8-16)11-22/h2-8,10,15H,9,12-13H2,1H3,(H,23,25)/t15-/m1/s1. The summed E-state index contributed by atoms with van der Waals surface area (Å²) < 4.78 is 5.09. The van der Waals surface area contributed by atoms with Crippen LogP contribution in [0, 0.1) is 17.2 Å². The van der Waals surface area contributed by atoms with Gasteiger partial charge in [-0.15, -0.1) is 11.8 Å². The molecule has 1 aliphatic heterocycles. The van der Waals surface area contributed by atoms with Crippen molar-refractivity contribution in [2.45, 2.75) is 11.3 Å². The van der Waals surface area contributed by atoms with Crippen molar-refractivity contribution in [3.63, 3.8) is 0 Å². The largest absolute Gasteiger partial charge is 0.455 e. The number of esters is 1. The van der Waals surface area contributed by atoms with Crippen molar-refractivity contribution in [2.24, 2.45) is 5.92 Å². The summed E-state index contributed by atoms with van der Waals surface area (Å²) in [6, 6.07) is 15.9. The van der Waals surface area contributed by atoms with E-state index in [0.717, 1.165) is 10.6 Å². The quantitative estimate of drug-likeness (QED) is 0.582. The zero-order valence-electron chi connectivity index (χ0n) is 15.8. The Labute approximate surface area is 172 Å². The minimum atomic E-state index is -0.616. The molecule has 2 aromatic carbocycles. The molecule has 29 heavy (non-hydrogen) atoms. The third-order valence-electron chi connectivity index (χ3n) is 4.44. The van der Waals surface area contributed by atoms with Crippen LogP contribution in [-0.4, -0.2) is 37.2 Å². The van der Waals surface area contributed by atoms with Crippen molar-refractivity contribution in [1.29, 1.82) is 5.26 Å². The highest BCUT2D eigenvalue weighted by Gasteiger charge is 2.36. The molecule has 2 aromatic rings. The number of nitrogens with zero attached hydrogens (tertiary/aromatic N) is 2. The maximum absolute atomic E-state index is 12.3. The fourth-order valence-corrected chi connectivity index (χ4v) is 3.46. The van der Waals surface area contributed by atoms with Crippen LogP contribution in [0.1, 0.15) is 12.0 Å². The topological polar surface area (TPSA) is 99.5 Å². The van der Waals surface area contributed by atoms with E-state index in [2.05, 4.69) is 5.32 Å². The maximum Gasteiger partial charge on any atom is 0.311 e. The second-order valence-corrected chi connectivity index (χ2v) is 7.34. The first-order valence-corrected chi connectivity index (χ1v) is 10.1. The van der Waals surface area contributed by atoms with Gasteiger partial charge in [0.1, 0.15) is 0 Å². The Morgan fingerprint density at radius 2 is 2.07 bits per heavy atom. The summed E-state index contributed by atoms with van der Waals surface area (Å²) in [5.41, 5.74) is 1.60. The Morgan fingerprint density at radius 1 is 1.28 bits per heavy atom. The van der Waals surface area contributed by atoms with Crippen molar-refractivity contribution in [2.75, 3.05) is 29.6 Å². The van der Waals surface area contributed by atoms with Gasteiger partial charge < -0.3 is 15.0 Å². The van der Waals surface area contributed by atoms with E-state index >= 15 is 0 Å². The molecule has 0 bridgehead atoms. The van der Waals surface area contributed by atoms with Crippen LogP contribution in [0.15, 0.2) is 53.4 Å². The van der Waals surface area contributed by atoms with Gasteiger partial charge in [-0.3, -0.25) is 14.4 Å². The molecule has 0 saturated carbocycles. The molecule has 1 heterocycles. The number of carbonyl (C=O) groups excluding carboxylic acids is 3. The maximum atomic E-state index is 12.3. The number of ether oxygens (including phenoxy) is 1. The first-order valence-electron chi connectivity index (χ1n) is 8.91. The summed E-state index contributed by atoms with van der Waals surface area (Å²) in [5.74, 6) is -1.86. The number of thioether (sulfide) groups is 1. The molecule has 2 amide bonds. The molecule has 0 aromatic heterocycles. The third kappa shape index (κ3) is 5.15. The van der Waals surface area contributed by atoms with Crippen LogP contribution in [0.4, 0.5) is 11.4 Å². The van der Waals surface area contributed by atoms with Crippen LogP contribution in [0.3, 0.4) is 0 Å². The number of nitriles is 1. The number of nitrogens with one attached hydrogen (secondary N) is 1. The number of rotatable bonds is 6. The van der Waals surface area contributed by atoms with Crippen molar-refractivity contribution in [1.82, 2.24) is 0 Å². The predicted molar refractivity (Wildman–Crippen MR) is 109 cm³/mol. The van der Waals surface area contributed by atoms with Gasteiger partial charge in [-0.05, 0) is 42.7 Å². The molecule has 0 radical (unpaired) electrons. The van der Waals surface area contributed by atoms with Gasteiger partial charge in [-0.2, -0.15) is 5.26 Å². The molecule has 0 aliphatic carbocycles. The molecular formula is C21H19N3O4S. The van der Waals surface area contributed by atoms with Gasteiger partial charge in [-0.25, -0.2) is 0 Å². The van der Waals surface area contributed by atoms with E-state index in [0.29, 0.717) is 11.3 Å². The number of anilines is 2. The fourth-order valence-electron chi connectivity index (χ4n) is 3.01. The lowest BCUT2D eigenvalue weighted by molar-refractivity contribution is -0.151. The van der Waals surface area contributed by atoms with Crippen molar-refractivity contribution >= 4 is 40.9 Å². The molecule has 148 valence electrons. The molecule has 1 aliphatic rings. The number of amides is 2. The summed E-state index contributed by atoms with van der Waals surface area (Å²) in [4.78, 5) is 39.3. The van der Waals surface area contributed by atoms with Crippen LogP contribution in [0.2, 0.25) is 0 Å². The van der Waals surface area contributed by atoms with Crippen LogP contribution in [0.25, 0.3) is 0 Å². The molecule has 0 spiro atoms. The van der Waals surface area contributed by atoms with E-state index < -0.39 is 24.4 Å². The predicted octanol–water partition coefficient (Wildman–Crippen LogP) is 2.81. The van der Waals surface area contributed by atoms with Crippen LogP contribution < -0.4 is 10.2 Å². The van der Waals surface area contributed by atoms with Crippen molar-refractivity contribution < 1.29 is 19.1 Å². The highest BCUT2D eigenvalue weighted by Crippen LogP contribution is 2.28. The van der Waals surface area contributed by atoms with Gasteiger partial charge in [0, 0.05) is 29.2 Å². The second-order valence-electron chi connectivity index (χ2n) is 6.46. The minimum absolute atomic E-state index is 0.0498. The average molecular weight is 409 g/mol. The van der Waals surface area contributed by atoms with Gasteiger partial charge in [0.15, 0.2) is 6.61 Å². The Hall–Kier alpha value is -3.31. The smallest absolute Gasteiger partial charge is 0.311 e. The highest BCUT2D eigenvalue weighted by molar-refractivity contribution is 7.98. The highest BCUT2D eigenvalue weighted by atomic mass is 32.2. The normalized spacial score (nSPS) is 15.7. The van der Waals surface area contributed by atoms with E-state index in [9.17, 15) is 14.4 Å². The molecule has 1 fully saturated rings. The van der Waals surface area contributed by atoms with E-state index in [-0.39, 0.29) is 18.9 Å². The molecule has 7 nitrogen and oxygen atoms in total. The number of benzene rings is 2. The molecule has 0 unspecified atom stereocenters. The second kappa shape index (κ2) is 9.26. The number of hydrogen-bond donors (Lipinski definition) is 1. The Kier molecular flexibility index (Phi) is 6.52. The lowest BCUT2D eigenvalue weighted by atomic mass is 10.1. The van der Waals surface area contributed by atoms with E-state index in [4.69, 9.17) is 10.00 Å². The molecule has 1 saturated heterocycles. The third-order valence-corrected chi connectivity index (χ3v) is 5.17. The van der Waals surface area contributed by atoms with Crippen LogP contribution >= 0.6 is 11.8 Å². The van der Waals surface area contributed by atoms with E-state index in [1.165, 1.54) is 6.07 Å². The average Bonchev–Trinajstić information content (AvgIpc) is 3.14. The van der Waals surface area contributed by atoms with Gasteiger partial charge in [0.05, 0.1) is 17.6 Å². The molecule has 3 rings (SSSR count). The monoisotopic (exact) mass is 409 g/mol. The summed E-state index contributed by atoms with van der Waals surface area (Å²) in [6.07, 6.45) is 2.00. The zero-order valence-corrected chi connectivity index (χ0v) is 16.6. The SMILES string of the molecule is CSc1cccc(N2C[C@H](C(=O)OCC(=O)Nc3cccc(C#N)c3)CC2=O)c1. The lowest BCUT2D eigenvalue weighted by Gasteiger charge is -2.17. The van der Waals surface area contributed by atoms with E-state index in [1.807, 2.05) is 36.6 Å². The molecule has 1 N–H and O–H groups in total. The van der Waals surface area contributed by atoms with Crippen LogP contribution in [-0.2, 0) is 19.1 Å². The number of hydrogen-bond acceptors (Lipinski definition) is 6. The Bertz CT molecular complexity index is 986. The van der Waals surface area contributed by atoms with Gasteiger partial charge in [-0.1, -0.05) is 12.1 Å². The zero-order chi connectivity index (χ0) is 20.8. The summed E-state index contributed by atoms with van der Waals surface area (Å²) in [6.45, 7) is -0.233. The molecular weight excluding hydrogens is 390 g/mol. The lowest BCUT2D eigenvalue weighted by Crippen LogP contribution is -2.28. The van der Waals surface area contributed by atoms with Crippen molar-refractivity contribution in [3.8, 4) is 6.07 Å². The van der Waals surface area contributed by atoms with Gasteiger partial charge >= 0.3 is 5.97 Å². The van der Waals surface area contributed by atoms with Crippen molar-refractivity contribution in [3.05, 3.63) is 54.1 Å². The summed E-state index contributed by atoms with van der Waals surface area (Å²) in [7, 11) is 0. The molecule has 1 atom stereocenters. The first-order chi connectivity index (χ1) is 14.0. The summed E-state index contributed by atoms with van der Waals surface area (Å²) in [5, 5.41) is 11.5. The van der Waals surface area contributed by atoms with Gasteiger partial charge in [0.25, 0.3) is 5.91 Å². The number of carbonyl (C=O) groups is 3.